The first kappa shape index (κ1) is 27.1. The summed E-state index contributed by atoms with van der Waals surface area (Å²) in [6.45, 7) is 0. The topological polar surface area (TPSA) is 89.3 Å². The van der Waals surface area contributed by atoms with Gasteiger partial charge in [0.2, 0.25) is 5.91 Å². The summed E-state index contributed by atoms with van der Waals surface area (Å²) in [5.74, 6) is -1.13. The van der Waals surface area contributed by atoms with Crippen molar-refractivity contribution >= 4 is 39.5 Å². The highest BCUT2D eigenvalue weighted by atomic mass is 32.2. The molecule has 0 spiro atoms. The van der Waals surface area contributed by atoms with Gasteiger partial charge in [-0.3, -0.25) is 9.52 Å². The lowest BCUT2D eigenvalue weighted by molar-refractivity contribution is -0.163. The number of primary amides is 1. The molecule has 3 aromatic carbocycles. The van der Waals surface area contributed by atoms with Crippen LogP contribution in [-0.2, 0) is 27.2 Å². The van der Waals surface area contributed by atoms with Crippen LogP contribution in [0, 0.1) is 0 Å². The highest BCUT2D eigenvalue weighted by Gasteiger charge is 2.46. The van der Waals surface area contributed by atoms with E-state index in [0.29, 0.717) is 23.9 Å². The second-order valence-corrected chi connectivity index (χ2v) is 9.98. The molecule has 1 amide bonds. The van der Waals surface area contributed by atoms with Crippen molar-refractivity contribution in [3.63, 3.8) is 0 Å². The van der Waals surface area contributed by atoms with Crippen LogP contribution in [0.5, 0.6) is 0 Å². The number of carbonyl (C=O) groups excluding carboxylic acids is 1. The average molecular weight is 547 g/mol. The van der Waals surface area contributed by atoms with Crippen LogP contribution in [0.4, 0.5) is 32.0 Å². The maximum atomic E-state index is 13.9. The van der Waals surface area contributed by atoms with E-state index in [1.54, 1.807) is 6.07 Å². The van der Waals surface area contributed by atoms with E-state index >= 15 is 0 Å². The highest BCUT2D eigenvalue weighted by molar-refractivity contribution is 7.99. The normalized spacial score (nSPS) is 12.6. The molecule has 3 aromatic rings. The number of anilines is 1. The number of nitrogens with two attached hydrogens (primary N) is 1. The molecule has 0 aromatic heterocycles. The van der Waals surface area contributed by atoms with Crippen LogP contribution < -0.4 is 10.5 Å². The van der Waals surface area contributed by atoms with Gasteiger partial charge in [-0.05, 0) is 48.0 Å². The third kappa shape index (κ3) is 6.61. The minimum Gasteiger partial charge on any atom is -0.366 e. The molecule has 36 heavy (non-hydrogen) atoms. The number of sulfonamides is 1. The summed E-state index contributed by atoms with van der Waals surface area (Å²) in [5.41, 5.74) is 0.0601. The van der Waals surface area contributed by atoms with Gasteiger partial charge < -0.3 is 5.73 Å². The van der Waals surface area contributed by atoms with E-state index < -0.39 is 49.9 Å². The Hall–Kier alpha value is -3.45. The zero-order valence-corrected chi connectivity index (χ0v) is 19.5. The van der Waals surface area contributed by atoms with E-state index in [1.807, 2.05) is 0 Å². The van der Waals surface area contributed by atoms with Crippen molar-refractivity contribution in [3.8, 4) is 0 Å². The third-order valence-corrected chi connectivity index (χ3v) is 7.01. The van der Waals surface area contributed by atoms with Gasteiger partial charge in [0.15, 0.2) is 0 Å². The van der Waals surface area contributed by atoms with Crippen LogP contribution in [0.25, 0.3) is 6.08 Å². The summed E-state index contributed by atoms with van der Waals surface area (Å²) in [6, 6.07) is 14.1. The molecule has 3 rings (SSSR count). The molecule has 0 saturated heterocycles. The van der Waals surface area contributed by atoms with Gasteiger partial charge in [-0.1, -0.05) is 42.1 Å². The quantitative estimate of drug-likeness (QED) is 0.274. The SMILES string of the molecule is NC(=O)C=Cc1ccc(Sc2cccc(NS(=O)(=O)c3ccccc3)c2)c(C(F)(F)F)c1C(F)(F)F. The Morgan fingerprint density at radius 3 is 2.08 bits per heavy atom. The van der Waals surface area contributed by atoms with Crippen LogP contribution in [0.2, 0.25) is 0 Å². The number of benzene rings is 3. The first-order valence-corrected chi connectivity index (χ1v) is 12.1. The lowest BCUT2D eigenvalue weighted by atomic mass is 9.99. The summed E-state index contributed by atoms with van der Waals surface area (Å²) >= 11 is 0.370. The van der Waals surface area contributed by atoms with Crippen LogP contribution in [0.15, 0.2) is 87.5 Å². The molecule has 0 unspecified atom stereocenters. The number of halogens is 6. The molecule has 0 saturated carbocycles. The van der Waals surface area contributed by atoms with Gasteiger partial charge in [-0.15, -0.1) is 0 Å². The van der Waals surface area contributed by atoms with Crippen LogP contribution in [0.3, 0.4) is 0 Å². The number of hydrogen-bond acceptors (Lipinski definition) is 4. The smallest absolute Gasteiger partial charge is 0.366 e. The molecule has 5 nitrogen and oxygen atoms in total. The predicted octanol–water partition coefficient (Wildman–Crippen LogP) is 6.17. The lowest BCUT2D eigenvalue weighted by Crippen LogP contribution is -2.19. The van der Waals surface area contributed by atoms with E-state index in [0.717, 1.165) is 12.1 Å². The number of hydrogen-bond donors (Lipinski definition) is 2. The first-order valence-electron chi connectivity index (χ1n) is 9.83. The Bertz CT molecular complexity index is 1400. The first-order chi connectivity index (χ1) is 16.7. The molecular weight excluding hydrogens is 530 g/mol. The number of carbonyl (C=O) groups is 1. The number of amides is 1. The van der Waals surface area contributed by atoms with E-state index in [2.05, 4.69) is 4.72 Å². The summed E-state index contributed by atoms with van der Waals surface area (Å²) in [7, 11) is -4.01. The second kappa shape index (κ2) is 10.3. The lowest BCUT2D eigenvalue weighted by Gasteiger charge is -2.21. The van der Waals surface area contributed by atoms with Crippen LogP contribution in [0.1, 0.15) is 16.7 Å². The van der Waals surface area contributed by atoms with E-state index in [4.69, 9.17) is 5.73 Å². The van der Waals surface area contributed by atoms with Crippen molar-refractivity contribution in [2.75, 3.05) is 4.72 Å². The van der Waals surface area contributed by atoms with Crippen LogP contribution in [-0.4, -0.2) is 14.3 Å². The molecule has 0 aliphatic heterocycles. The molecule has 0 radical (unpaired) electrons. The molecule has 3 N–H and O–H groups in total. The molecule has 0 bridgehead atoms. The summed E-state index contributed by atoms with van der Waals surface area (Å²) in [5, 5.41) is 0. The Labute approximate surface area is 206 Å². The second-order valence-electron chi connectivity index (χ2n) is 7.18. The van der Waals surface area contributed by atoms with E-state index in [9.17, 15) is 39.6 Å². The van der Waals surface area contributed by atoms with Crippen molar-refractivity contribution in [1.82, 2.24) is 0 Å². The summed E-state index contributed by atoms with van der Waals surface area (Å²) in [4.78, 5) is 10.1. The summed E-state index contributed by atoms with van der Waals surface area (Å²) < 4.78 is 110. The van der Waals surface area contributed by atoms with Crippen molar-refractivity contribution < 1.29 is 39.6 Å². The molecule has 190 valence electrons. The largest absolute Gasteiger partial charge is 0.418 e. The Morgan fingerprint density at radius 2 is 1.50 bits per heavy atom. The molecule has 0 atom stereocenters. The monoisotopic (exact) mass is 546 g/mol. The molecule has 0 heterocycles. The maximum absolute atomic E-state index is 13.9. The van der Waals surface area contributed by atoms with Gasteiger partial charge in [0, 0.05) is 21.6 Å². The van der Waals surface area contributed by atoms with Crippen molar-refractivity contribution in [2.24, 2.45) is 5.73 Å². The van der Waals surface area contributed by atoms with Gasteiger partial charge in [0.05, 0.1) is 16.0 Å². The highest BCUT2D eigenvalue weighted by Crippen LogP contribution is 2.48. The minimum absolute atomic E-state index is 0.00512. The number of nitrogens with one attached hydrogen (secondary N) is 1. The molecule has 0 aliphatic rings. The maximum Gasteiger partial charge on any atom is 0.418 e. The molecular formula is C23H16F6N2O3S2. The van der Waals surface area contributed by atoms with Gasteiger partial charge >= 0.3 is 12.4 Å². The van der Waals surface area contributed by atoms with E-state index in [1.165, 1.54) is 48.5 Å². The minimum atomic E-state index is -5.41. The number of alkyl halides is 6. The zero-order valence-electron chi connectivity index (χ0n) is 17.9. The fourth-order valence-corrected chi connectivity index (χ4v) is 5.26. The molecule has 0 fully saturated rings. The van der Waals surface area contributed by atoms with Gasteiger partial charge in [0.1, 0.15) is 0 Å². The summed E-state index contributed by atoms with van der Waals surface area (Å²) in [6.07, 6.45) is -9.73. The van der Waals surface area contributed by atoms with Gasteiger partial charge in [-0.25, -0.2) is 8.42 Å². The molecule has 13 heteroatoms. The van der Waals surface area contributed by atoms with Crippen molar-refractivity contribution in [1.29, 1.82) is 0 Å². The van der Waals surface area contributed by atoms with Crippen molar-refractivity contribution in [2.45, 2.75) is 27.0 Å². The van der Waals surface area contributed by atoms with Crippen LogP contribution >= 0.6 is 11.8 Å². The fourth-order valence-electron chi connectivity index (χ4n) is 3.15. The Morgan fingerprint density at radius 1 is 0.861 bits per heavy atom. The van der Waals surface area contributed by atoms with E-state index in [-0.39, 0.29) is 15.5 Å². The molecule has 0 aliphatic carbocycles. The number of rotatable bonds is 7. The van der Waals surface area contributed by atoms with Gasteiger partial charge in [0.25, 0.3) is 10.0 Å². The van der Waals surface area contributed by atoms with Crippen molar-refractivity contribution in [3.05, 3.63) is 89.5 Å². The standard InChI is InChI=1S/C23H16F6N2O3S2/c24-22(25,26)20-14(10-12-19(30)32)9-11-18(21(20)23(27,28)29)35-16-6-4-5-15(13-16)31-36(33,34)17-7-2-1-3-8-17/h1-13,31H,(H2,30,32). The predicted molar refractivity (Wildman–Crippen MR) is 122 cm³/mol. The Balaban J connectivity index is 2.05. The Kier molecular flexibility index (Phi) is 7.74. The fraction of sp³-hybridized carbons (Fsp3) is 0.0870. The average Bonchev–Trinajstić information content (AvgIpc) is 2.77. The zero-order chi connectivity index (χ0) is 26.7. The van der Waals surface area contributed by atoms with Gasteiger partial charge in [-0.2, -0.15) is 26.3 Å². The third-order valence-electron chi connectivity index (χ3n) is 4.56.